The van der Waals surface area contributed by atoms with Gasteiger partial charge in [-0.25, -0.2) is 9.97 Å². The summed E-state index contributed by atoms with van der Waals surface area (Å²) in [5, 5.41) is 3.27. The fraction of sp³-hybridized carbons (Fsp3) is 0.423. The Balaban J connectivity index is 1.32. The van der Waals surface area contributed by atoms with Gasteiger partial charge in [0.25, 0.3) is 0 Å². The van der Waals surface area contributed by atoms with Crippen LogP contribution in [-0.2, 0) is 16.1 Å². The number of piperazine rings is 1. The highest BCUT2D eigenvalue weighted by atomic mass is 35.5. The lowest BCUT2D eigenvalue weighted by Gasteiger charge is -2.42. The molecule has 5 rings (SSSR count). The van der Waals surface area contributed by atoms with Gasteiger partial charge < -0.3 is 24.6 Å². The predicted molar refractivity (Wildman–Crippen MR) is 140 cm³/mol. The highest BCUT2D eigenvalue weighted by Gasteiger charge is 2.32. The first-order valence-electron chi connectivity index (χ1n) is 12.6. The molecule has 4 heterocycles. The molecule has 3 aromatic rings. The molecule has 11 nitrogen and oxygen atoms in total. The largest absolute Gasteiger partial charge is 0.454 e. The molecule has 1 aromatic carbocycles. The maximum atomic E-state index is 13.1. The van der Waals surface area contributed by atoms with Gasteiger partial charge in [-0.3, -0.25) is 14.2 Å². The number of benzene rings is 1. The second-order valence-corrected chi connectivity index (χ2v) is 10.2. The molecular weight excluding hydrogens is 510 g/mol. The van der Waals surface area contributed by atoms with E-state index in [0.29, 0.717) is 55.9 Å². The summed E-state index contributed by atoms with van der Waals surface area (Å²) in [6.45, 7) is 6.05. The number of amides is 2. The van der Waals surface area contributed by atoms with Gasteiger partial charge in [-0.15, -0.1) is 0 Å². The molecule has 2 aromatic heterocycles. The Morgan fingerprint density at radius 1 is 1.16 bits per heavy atom. The number of imidazole rings is 1. The van der Waals surface area contributed by atoms with Crippen molar-refractivity contribution in [3.63, 3.8) is 0 Å². The van der Waals surface area contributed by atoms with E-state index in [-0.39, 0.29) is 42.1 Å². The fourth-order valence-corrected chi connectivity index (χ4v) is 4.78. The molecule has 0 spiro atoms. The van der Waals surface area contributed by atoms with Gasteiger partial charge in [0.1, 0.15) is 17.3 Å². The second-order valence-electron chi connectivity index (χ2n) is 9.77. The van der Waals surface area contributed by atoms with Crippen molar-refractivity contribution in [3.8, 4) is 17.4 Å². The molecule has 1 N–H and O–H groups in total. The van der Waals surface area contributed by atoms with Gasteiger partial charge in [-0.1, -0.05) is 31.5 Å². The van der Waals surface area contributed by atoms with Crippen LogP contribution in [0.1, 0.15) is 32.3 Å². The Morgan fingerprint density at radius 3 is 2.79 bits per heavy atom. The lowest BCUT2D eigenvalue weighted by molar-refractivity contribution is -0.133. The van der Waals surface area contributed by atoms with Crippen molar-refractivity contribution in [3.05, 3.63) is 53.7 Å². The summed E-state index contributed by atoms with van der Waals surface area (Å²) in [5.74, 6) is 2.55. The van der Waals surface area contributed by atoms with Gasteiger partial charge in [0.15, 0.2) is 11.5 Å². The van der Waals surface area contributed by atoms with E-state index >= 15 is 0 Å². The van der Waals surface area contributed by atoms with Crippen molar-refractivity contribution in [2.24, 2.45) is 5.92 Å². The van der Waals surface area contributed by atoms with E-state index in [1.165, 1.54) is 0 Å². The van der Waals surface area contributed by atoms with Crippen LogP contribution in [0.4, 0.5) is 5.82 Å². The van der Waals surface area contributed by atoms with Crippen LogP contribution in [-0.4, -0.2) is 68.7 Å². The maximum Gasteiger partial charge on any atom is 0.238 e. The van der Waals surface area contributed by atoms with Crippen LogP contribution < -0.4 is 19.7 Å². The van der Waals surface area contributed by atoms with E-state index in [1.54, 1.807) is 29.4 Å². The average molecular weight is 540 g/mol. The molecule has 38 heavy (non-hydrogen) atoms. The van der Waals surface area contributed by atoms with Crippen molar-refractivity contribution in [1.29, 1.82) is 0 Å². The van der Waals surface area contributed by atoms with Gasteiger partial charge in [-0.05, 0) is 23.6 Å². The Labute approximate surface area is 225 Å². The maximum absolute atomic E-state index is 13.1. The molecule has 2 amide bonds. The summed E-state index contributed by atoms with van der Waals surface area (Å²) < 4.78 is 12.5. The van der Waals surface area contributed by atoms with Crippen LogP contribution >= 0.6 is 11.6 Å². The molecule has 1 saturated heterocycles. The molecule has 0 radical (unpaired) electrons. The van der Waals surface area contributed by atoms with Crippen molar-refractivity contribution < 1.29 is 19.1 Å². The number of nitrogens with one attached hydrogen (secondary N) is 1. The zero-order valence-corrected chi connectivity index (χ0v) is 22.1. The number of halogens is 1. The summed E-state index contributed by atoms with van der Waals surface area (Å²) in [4.78, 5) is 42.9. The number of ether oxygens (including phenoxy) is 2. The summed E-state index contributed by atoms with van der Waals surface area (Å²) in [7, 11) is 0. The van der Waals surface area contributed by atoms with E-state index in [1.807, 2.05) is 41.8 Å². The van der Waals surface area contributed by atoms with Crippen LogP contribution in [0, 0.1) is 5.92 Å². The van der Waals surface area contributed by atoms with Crippen LogP contribution in [0.2, 0.25) is 5.15 Å². The lowest BCUT2D eigenvalue weighted by atomic mass is 10.0. The molecule has 0 saturated carbocycles. The minimum Gasteiger partial charge on any atom is -0.454 e. The normalized spacial score (nSPS) is 16.7. The highest BCUT2D eigenvalue weighted by Crippen LogP contribution is 2.32. The zero-order chi connectivity index (χ0) is 26.6. The monoisotopic (exact) mass is 539 g/mol. The number of anilines is 1. The zero-order valence-electron chi connectivity index (χ0n) is 21.3. The van der Waals surface area contributed by atoms with Gasteiger partial charge in [-0.2, -0.15) is 4.98 Å². The first-order valence-corrected chi connectivity index (χ1v) is 13.0. The summed E-state index contributed by atoms with van der Waals surface area (Å²) in [5.41, 5.74) is 0.907. The average Bonchev–Trinajstić information content (AvgIpc) is 3.59. The third-order valence-corrected chi connectivity index (χ3v) is 6.66. The van der Waals surface area contributed by atoms with Crippen LogP contribution in [0.15, 0.2) is 43.0 Å². The topological polar surface area (TPSA) is 115 Å². The van der Waals surface area contributed by atoms with Crippen LogP contribution in [0.5, 0.6) is 11.5 Å². The summed E-state index contributed by atoms with van der Waals surface area (Å²) >= 11 is 6.36. The number of carbonyl (C=O) groups excluding carboxylic acids is 2. The van der Waals surface area contributed by atoms with Gasteiger partial charge in [0, 0.05) is 57.5 Å². The third-order valence-electron chi connectivity index (χ3n) is 6.47. The van der Waals surface area contributed by atoms with Gasteiger partial charge in [0.2, 0.25) is 24.6 Å². The van der Waals surface area contributed by atoms with E-state index < -0.39 is 0 Å². The second kappa shape index (κ2) is 11.3. The molecule has 2 aliphatic heterocycles. The molecule has 2 aliphatic rings. The summed E-state index contributed by atoms with van der Waals surface area (Å²) in [6.07, 6.45) is 5.61. The molecule has 0 aliphatic carbocycles. The third kappa shape index (κ3) is 5.99. The Kier molecular flexibility index (Phi) is 7.64. The number of fused-ring (bicyclic) bond motifs is 1. The molecule has 1 fully saturated rings. The molecule has 200 valence electrons. The number of rotatable bonds is 8. The van der Waals surface area contributed by atoms with Crippen LogP contribution in [0.25, 0.3) is 5.95 Å². The SMILES string of the molecule is CC(C)CC(=O)N1CCN(c2cc(Cl)nc(-n3ccnc3)n2)C(CC(=O)NCc2ccc3c(c2)OCO3)C1. The van der Waals surface area contributed by atoms with E-state index in [4.69, 9.17) is 26.1 Å². The highest BCUT2D eigenvalue weighted by molar-refractivity contribution is 6.29. The molecule has 1 atom stereocenters. The van der Waals surface area contributed by atoms with E-state index in [0.717, 1.165) is 5.56 Å². The number of hydrogen-bond acceptors (Lipinski definition) is 8. The quantitative estimate of drug-likeness (QED) is 0.435. The fourth-order valence-electron chi connectivity index (χ4n) is 4.61. The van der Waals surface area contributed by atoms with Crippen molar-refractivity contribution in [1.82, 2.24) is 29.7 Å². The predicted octanol–water partition coefficient (Wildman–Crippen LogP) is 2.81. The standard InChI is InChI=1S/C26H30ClN7O4/c1-17(2)9-25(36)32-7-8-34(23-12-22(27)30-26(31-23)33-6-5-28-15-33)19(14-32)11-24(35)29-13-18-3-4-20-21(10-18)38-16-37-20/h3-6,10,12,15,17,19H,7-9,11,13-14,16H2,1-2H3,(H,29,35). The Bertz CT molecular complexity index is 1300. The van der Waals surface area contributed by atoms with E-state index in [9.17, 15) is 9.59 Å². The summed E-state index contributed by atoms with van der Waals surface area (Å²) in [6, 6.07) is 6.99. The van der Waals surface area contributed by atoms with Gasteiger partial charge in [0.05, 0.1) is 6.04 Å². The van der Waals surface area contributed by atoms with Gasteiger partial charge >= 0.3 is 0 Å². The first-order chi connectivity index (χ1) is 18.4. The Hall–Kier alpha value is -3.86. The van der Waals surface area contributed by atoms with Crippen molar-refractivity contribution in [2.75, 3.05) is 31.3 Å². The number of nitrogens with zero attached hydrogens (tertiary/aromatic N) is 6. The van der Waals surface area contributed by atoms with Crippen LogP contribution in [0.3, 0.4) is 0 Å². The minimum atomic E-state index is -0.293. The van der Waals surface area contributed by atoms with E-state index in [2.05, 4.69) is 15.3 Å². The minimum absolute atomic E-state index is 0.0882. The molecule has 0 bridgehead atoms. The number of aromatic nitrogens is 4. The number of hydrogen-bond donors (Lipinski definition) is 1. The number of carbonyl (C=O) groups is 2. The molecule has 1 unspecified atom stereocenters. The lowest BCUT2D eigenvalue weighted by Crippen LogP contribution is -2.56. The first kappa shape index (κ1) is 25.8. The molecular formula is C26H30ClN7O4. The molecule has 12 heteroatoms. The van der Waals surface area contributed by atoms with Crippen molar-refractivity contribution in [2.45, 2.75) is 39.3 Å². The Morgan fingerprint density at radius 2 is 2.00 bits per heavy atom. The van der Waals surface area contributed by atoms with Crippen molar-refractivity contribution >= 4 is 29.2 Å². The smallest absolute Gasteiger partial charge is 0.238 e.